The van der Waals surface area contributed by atoms with Crippen molar-refractivity contribution in [3.8, 4) is 0 Å². The Labute approximate surface area is 246 Å². The van der Waals surface area contributed by atoms with Crippen molar-refractivity contribution >= 4 is 29.5 Å². The summed E-state index contributed by atoms with van der Waals surface area (Å²) in [5, 5.41) is 22.0. The predicted molar refractivity (Wildman–Crippen MR) is 151 cm³/mol. The molecule has 3 fully saturated rings. The highest BCUT2D eigenvalue weighted by molar-refractivity contribution is 7.99. The van der Waals surface area contributed by atoms with Gasteiger partial charge in [-0.25, -0.2) is 18.4 Å². The number of halogens is 2. The molecule has 0 heterocycles. The SMILES string of the molecule is C[C@]12C=CC(=O)C=C1[C@@H](F)C[C@H]1[C@@H]3CC[C@@](OC(=O)c4ccc(Sc5ccccc5)cc4)(C(=O)O)[C@@]3(C)C[C@H](O)C12F. The highest BCUT2D eigenvalue weighted by Crippen LogP contribution is 2.70. The second-order valence-electron chi connectivity index (χ2n) is 12.4. The van der Waals surface area contributed by atoms with Gasteiger partial charge >= 0.3 is 11.9 Å². The Morgan fingerprint density at radius 2 is 1.69 bits per heavy atom. The summed E-state index contributed by atoms with van der Waals surface area (Å²) in [6.07, 6.45) is -0.202. The van der Waals surface area contributed by atoms with Crippen molar-refractivity contribution in [2.45, 2.75) is 72.9 Å². The van der Waals surface area contributed by atoms with Crippen LogP contribution in [0.1, 0.15) is 49.9 Å². The number of aliphatic hydroxyl groups is 1. The fraction of sp³-hybridized carbons (Fsp3) is 0.424. The van der Waals surface area contributed by atoms with E-state index in [2.05, 4.69) is 0 Å². The number of carbonyl (C=O) groups excluding carboxylic acids is 2. The molecule has 4 aliphatic rings. The number of ketones is 1. The number of ether oxygens (including phenoxy) is 1. The monoisotopic (exact) mass is 594 g/mol. The molecule has 0 amide bonds. The van der Waals surface area contributed by atoms with Gasteiger partial charge in [0.05, 0.1) is 11.7 Å². The van der Waals surface area contributed by atoms with E-state index in [1.54, 1.807) is 31.2 Å². The van der Waals surface area contributed by atoms with Crippen LogP contribution in [-0.2, 0) is 14.3 Å². The third kappa shape index (κ3) is 3.96. The Morgan fingerprint density at radius 1 is 1.02 bits per heavy atom. The summed E-state index contributed by atoms with van der Waals surface area (Å²) in [7, 11) is 0. The van der Waals surface area contributed by atoms with Crippen LogP contribution in [0.3, 0.4) is 0 Å². The lowest BCUT2D eigenvalue weighted by atomic mass is 9.44. The van der Waals surface area contributed by atoms with Crippen LogP contribution in [0.4, 0.5) is 8.78 Å². The minimum absolute atomic E-state index is 0.000741. The zero-order chi connectivity index (χ0) is 30.1. The normalized spacial score (nSPS) is 38.6. The topological polar surface area (TPSA) is 101 Å². The molecule has 0 spiro atoms. The number of hydrogen-bond donors (Lipinski definition) is 2. The second-order valence-corrected chi connectivity index (χ2v) is 13.5. The Morgan fingerprint density at radius 3 is 2.36 bits per heavy atom. The predicted octanol–water partition coefficient (Wildman–Crippen LogP) is 6.14. The van der Waals surface area contributed by atoms with Gasteiger partial charge in [-0.15, -0.1) is 0 Å². The first kappa shape index (κ1) is 28.8. The molecule has 6 rings (SSSR count). The summed E-state index contributed by atoms with van der Waals surface area (Å²) in [5.41, 5.74) is -7.17. The Hall–Kier alpha value is -3.30. The minimum atomic E-state index is -2.34. The molecule has 1 unspecified atom stereocenters. The first-order valence-electron chi connectivity index (χ1n) is 14.1. The van der Waals surface area contributed by atoms with Gasteiger partial charge in [0.1, 0.15) is 6.17 Å². The number of carboxylic acids is 1. The standard InChI is InChI=1S/C33H32F2O6S/c1-30-14-12-20(36)16-25(30)26(34)17-24-23-13-15-32(29(39)40,31(23,2)18-27(37)33(24,30)35)41-28(38)19-8-10-22(11-9-19)42-21-6-4-3-5-7-21/h3-12,14,16,23-24,26-27,37H,13,15,17-18H2,1-2H3,(H,39,40)/t23-,24-,26-,27-,30-,31-,32+,33?/m0/s1. The van der Waals surface area contributed by atoms with Crippen LogP contribution in [0.25, 0.3) is 0 Å². The van der Waals surface area contributed by atoms with E-state index in [1.807, 2.05) is 30.3 Å². The number of carbonyl (C=O) groups is 3. The van der Waals surface area contributed by atoms with E-state index in [0.717, 1.165) is 15.9 Å². The Bertz CT molecular complexity index is 1510. The lowest BCUT2D eigenvalue weighted by Gasteiger charge is -2.62. The lowest BCUT2D eigenvalue weighted by molar-refractivity contribution is -0.226. The zero-order valence-corrected chi connectivity index (χ0v) is 24.1. The molecular formula is C33H32F2O6S. The van der Waals surface area contributed by atoms with E-state index >= 15 is 8.78 Å². The van der Waals surface area contributed by atoms with Crippen LogP contribution in [0.5, 0.6) is 0 Å². The van der Waals surface area contributed by atoms with Gasteiger partial charge < -0.3 is 14.9 Å². The van der Waals surface area contributed by atoms with Gasteiger partial charge in [0.2, 0.25) is 5.60 Å². The molecule has 6 nitrogen and oxygen atoms in total. The molecular weight excluding hydrogens is 562 g/mol. The van der Waals surface area contributed by atoms with Crippen molar-refractivity contribution in [3.63, 3.8) is 0 Å². The fourth-order valence-electron chi connectivity index (χ4n) is 8.26. The van der Waals surface area contributed by atoms with E-state index in [1.165, 1.54) is 30.8 Å². The van der Waals surface area contributed by atoms with Crippen molar-refractivity contribution in [3.05, 3.63) is 84.0 Å². The number of aliphatic carboxylic acids is 1. The summed E-state index contributed by atoms with van der Waals surface area (Å²) >= 11 is 1.51. The number of carboxylic acid groups (broad SMARTS) is 1. The quantitative estimate of drug-likeness (QED) is 0.401. The van der Waals surface area contributed by atoms with Gasteiger partial charge in [-0.3, -0.25) is 4.79 Å². The van der Waals surface area contributed by atoms with Crippen LogP contribution < -0.4 is 0 Å². The highest BCUT2D eigenvalue weighted by atomic mass is 32.2. The highest BCUT2D eigenvalue weighted by Gasteiger charge is 2.77. The molecule has 9 heteroatoms. The van der Waals surface area contributed by atoms with Crippen molar-refractivity contribution in [2.75, 3.05) is 0 Å². The smallest absolute Gasteiger partial charge is 0.348 e. The summed E-state index contributed by atoms with van der Waals surface area (Å²) in [4.78, 5) is 40.3. The van der Waals surface area contributed by atoms with E-state index in [4.69, 9.17) is 4.74 Å². The van der Waals surface area contributed by atoms with Gasteiger partial charge in [0, 0.05) is 26.5 Å². The van der Waals surface area contributed by atoms with E-state index < -0.39 is 63.9 Å². The lowest BCUT2D eigenvalue weighted by Crippen LogP contribution is -2.70. The molecule has 2 aromatic rings. The van der Waals surface area contributed by atoms with Gasteiger partial charge in [-0.2, -0.15) is 0 Å². The minimum Gasteiger partial charge on any atom is -0.478 e. The maximum atomic E-state index is 17.3. The van der Waals surface area contributed by atoms with Crippen LogP contribution >= 0.6 is 11.8 Å². The molecule has 0 radical (unpaired) electrons. The number of hydrogen-bond acceptors (Lipinski definition) is 6. The molecule has 2 aromatic carbocycles. The van der Waals surface area contributed by atoms with Crippen molar-refractivity contribution in [2.24, 2.45) is 22.7 Å². The molecule has 2 N–H and O–H groups in total. The van der Waals surface area contributed by atoms with Gasteiger partial charge in [-0.1, -0.05) is 43.0 Å². The number of allylic oxidation sites excluding steroid dienone is 4. The average molecular weight is 595 g/mol. The summed E-state index contributed by atoms with van der Waals surface area (Å²) < 4.78 is 38.8. The number of alkyl halides is 2. The number of benzene rings is 2. The number of aliphatic hydroxyl groups excluding tert-OH is 1. The van der Waals surface area contributed by atoms with Crippen LogP contribution in [0.2, 0.25) is 0 Å². The molecule has 42 heavy (non-hydrogen) atoms. The van der Waals surface area contributed by atoms with Gasteiger partial charge in [-0.05, 0) is 92.6 Å². The summed E-state index contributed by atoms with van der Waals surface area (Å²) in [6.45, 7) is 3.10. The maximum absolute atomic E-state index is 17.3. The molecule has 0 aliphatic heterocycles. The van der Waals surface area contributed by atoms with E-state index in [-0.39, 0.29) is 36.8 Å². The number of rotatable bonds is 5. The summed E-state index contributed by atoms with van der Waals surface area (Å²) in [5.74, 6) is -4.40. The van der Waals surface area contributed by atoms with Gasteiger partial charge in [0.25, 0.3) is 0 Å². The van der Waals surface area contributed by atoms with Gasteiger partial charge in [0.15, 0.2) is 11.5 Å². The van der Waals surface area contributed by atoms with E-state index in [9.17, 15) is 24.6 Å². The maximum Gasteiger partial charge on any atom is 0.348 e. The molecule has 0 saturated heterocycles. The Kier molecular flexibility index (Phi) is 6.77. The zero-order valence-electron chi connectivity index (χ0n) is 23.3. The average Bonchev–Trinajstić information content (AvgIpc) is 3.24. The first-order chi connectivity index (χ1) is 19.9. The first-order valence-corrected chi connectivity index (χ1v) is 14.9. The third-order valence-corrected chi connectivity index (χ3v) is 11.4. The van der Waals surface area contributed by atoms with Crippen LogP contribution in [-0.4, -0.2) is 51.5 Å². The van der Waals surface area contributed by atoms with Crippen molar-refractivity contribution in [1.82, 2.24) is 0 Å². The summed E-state index contributed by atoms with van der Waals surface area (Å²) in [6, 6.07) is 16.3. The van der Waals surface area contributed by atoms with Crippen molar-refractivity contribution in [1.29, 1.82) is 0 Å². The van der Waals surface area contributed by atoms with E-state index in [0.29, 0.717) is 0 Å². The largest absolute Gasteiger partial charge is 0.478 e. The molecule has 3 saturated carbocycles. The third-order valence-electron chi connectivity index (χ3n) is 10.4. The van der Waals surface area contributed by atoms with Crippen molar-refractivity contribution < 1.29 is 38.1 Å². The molecule has 4 aliphatic carbocycles. The van der Waals surface area contributed by atoms with Crippen LogP contribution in [0, 0.1) is 22.7 Å². The molecule has 220 valence electrons. The van der Waals surface area contributed by atoms with Crippen LogP contribution in [0.15, 0.2) is 88.2 Å². The number of esters is 1. The second kappa shape index (κ2) is 9.88. The molecule has 8 atom stereocenters. The fourth-order valence-corrected chi connectivity index (χ4v) is 9.09. The number of fused-ring (bicyclic) bond motifs is 5. The molecule has 0 aromatic heterocycles. The molecule has 0 bridgehead atoms. The Balaban J connectivity index is 1.30.